The van der Waals surface area contributed by atoms with Gasteiger partial charge in [-0.2, -0.15) is 26.3 Å². The Kier molecular flexibility index (Phi) is 5.19. The van der Waals surface area contributed by atoms with Gasteiger partial charge in [0, 0.05) is 12.2 Å². The summed E-state index contributed by atoms with van der Waals surface area (Å²) >= 11 is 0. The van der Waals surface area contributed by atoms with Gasteiger partial charge in [0.2, 0.25) is 0 Å². The van der Waals surface area contributed by atoms with Crippen molar-refractivity contribution in [3.8, 4) is 5.75 Å². The fourth-order valence-electron chi connectivity index (χ4n) is 2.94. The summed E-state index contributed by atoms with van der Waals surface area (Å²) in [7, 11) is 0. The van der Waals surface area contributed by atoms with Gasteiger partial charge < -0.3 is 10.4 Å². The number of aromatic nitrogens is 1. The average Bonchev–Trinajstić information content (AvgIpc) is 2.47. The van der Waals surface area contributed by atoms with Crippen molar-refractivity contribution in [2.24, 2.45) is 11.8 Å². The number of halogens is 6. The van der Waals surface area contributed by atoms with Crippen molar-refractivity contribution in [1.82, 2.24) is 10.3 Å². The third-order valence-corrected chi connectivity index (χ3v) is 4.31. The second-order valence-corrected chi connectivity index (χ2v) is 6.18. The van der Waals surface area contributed by atoms with E-state index in [1.165, 1.54) is 19.2 Å². The molecule has 1 aromatic heterocycles. The molecular formula is C15H16F6N2O2. The zero-order chi connectivity index (χ0) is 19.0. The van der Waals surface area contributed by atoms with E-state index < -0.39 is 66.8 Å². The molecule has 0 saturated heterocycles. The van der Waals surface area contributed by atoms with E-state index >= 15 is 0 Å². The molecule has 1 aromatic rings. The maximum Gasteiger partial charge on any atom is 0.391 e. The Morgan fingerprint density at radius 3 is 2.12 bits per heavy atom. The number of carbonyl (C=O) groups is 1. The predicted octanol–water partition coefficient (Wildman–Crippen LogP) is 3.73. The second kappa shape index (κ2) is 6.72. The minimum atomic E-state index is -4.78. The summed E-state index contributed by atoms with van der Waals surface area (Å²) in [5.74, 6) is -5.78. The summed E-state index contributed by atoms with van der Waals surface area (Å²) in [6.45, 7) is 1.48. The minimum Gasteiger partial charge on any atom is -0.505 e. The highest BCUT2D eigenvalue weighted by Crippen LogP contribution is 2.45. The van der Waals surface area contributed by atoms with Crippen LogP contribution in [0.4, 0.5) is 26.3 Å². The molecule has 0 aromatic carbocycles. The minimum absolute atomic E-state index is 0.310. The number of hydrogen-bond donors (Lipinski definition) is 2. The van der Waals surface area contributed by atoms with Gasteiger partial charge in [-0.05, 0) is 37.8 Å². The molecule has 0 radical (unpaired) electrons. The van der Waals surface area contributed by atoms with E-state index in [4.69, 9.17) is 0 Å². The zero-order valence-electron chi connectivity index (χ0n) is 13.1. The summed E-state index contributed by atoms with van der Waals surface area (Å²) in [5.41, 5.74) is -0.122. The number of alkyl halides is 6. The highest BCUT2D eigenvalue weighted by molar-refractivity contribution is 5.95. The van der Waals surface area contributed by atoms with Crippen molar-refractivity contribution in [3.63, 3.8) is 0 Å². The lowest BCUT2D eigenvalue weighted by molar-refractivity contribution is -0.225. The van der Waals surface area contributed by atoms with E-state index in [9.17, 15) is 36.2 Å². The summed E-state index contributed by atoms with van der Waals surface area (Å²) < 4.78 is 77.5. The zero-order valence-corrected chi connectivity index (χ0v) is 13.1. The Hall–Kier alpha value is -2.00. The van der Waals surface area contributed by atoms with Gasteiger partial charge >= 0.3 is 12.4 Å². The molecule has 1 saturated carbocycles. The first-order chi connectivity index (χ1) is 11.4. The fourth-order valence-corrected chi connectivity index (χ4v) is 2.94. The smallest absolute Gasteiger partial charge is 0.391 e. The third kappa shape index (κ3) is 4.55. The van der Waals surface area contributed by atoms with Gasteiger partial charge in [-0.1, -0.05) is 0 Å². The van der Waals surface area contributed by atoms with Crippen LogP contribution in [-0.2, 0) is 0 Å². The second-order valence-electron chi connectivity index (χ2n) is 6.18. The fraction of sp³-hybridized carbons (Fsp3) is 0.600. The van der Waals surface area contributed by atoms with Gasteiger partial charge in [0.15, 0.2) is 5.69 Å². The van der Waals surface area contributed by atoms with Crippen LogP contribution in [0.3, 0.4) is 0 Å². The molecule has 2 rings (SSSR count). The number of carbonyl (C=O) groups excluding carboxylic acids is 1. The van der Waals surface area contributed by atoms with Crippen LogP contribution in [0.5, 0.6) is 5.75 Å². The summed E-state index contributed by atoms with van der Waals surface area (Å²) in [4.78, 5) is 15.7. The van der Waals surface area contributed by atoms with Gasteiger partial charge in [-0.3, -0.25) is 4.79 Å². The Balaban J connectivity index is 2.19. The number of nitrogens with zero attached hydrogens (tertiary/aromatic N) is 1. The highest BCUT2D eigenvalue weighted by Gasteiger charge is 2.52. The molecule has 1 heterocycles. The van der Waals surface area contributed by atoms with Crippen molar-refractivity contribution < 1.29 is 36.2 Å². The first kappa shape index (κ1) is 19.3. The van der Waals surface area contributed by atoms with Crippen molar-refractivity contribution in [2.45, 2.75) is 44.6 Å². The van der Waals surface area contributed by atoms with Crippen LogP contribution in [-0.4, -0.2) is 34.4 Å². The van der Waals surface area contributed by atoms with E-state index in [-0.39, 0.29) is 0 Å². The number of rotatable bonds is 2. The molecule has 1 fully saturated rings. The number of hydrogen-bond acceptors (Lipinski definition) is 3. The SMILES string of the molecule is Cc1ccnc(C(=O)NC2CC(C(F)(F)F)CC(C(F)(F)F)C2)c1O. The number of nitrogens with one attached hydrogen (secondary N) is 1. The van der Waals surface area contributed by atoms with Crippen LogP contribution in [0.2, 0.25) is 0 Å². The van der Waals surface area contributed by atoms with E-state index in [2.05, 4.69) is 10.3 Å². The molecule has 140 valence electrons. The first-order valence-electron chi connectivity index (χ1n) is 7.48. The summed E-state index contributed by atoms with van der Waals surface area (Å²) in [5, 5.41) is 11.9. The number of aromatic hydroxyl groups is 1. The standard InChI is InChI=1S/C15H16F6N2O2/c1-7-2-3-22-11(12(7)24)13(25)23-10-5-8(14(16,17)18)4-9(6-10)15(19,20)21/h2-3,8-10,24H,4-6H2,1H3,(H,23,25). The normalized spacial score (nSPS) is 24.8. The monoisotopic (exact) mass is 370 g/mol. The average molecular weight is 370 g/mol. The molecular weight excluding hydrogens is 354 g/mol. The topological polar surface area (TPSA) is 62.2 Å². The van der Waals surface area contributed by atoms with Gasteiger partial charge in [0.25, 0.3) is 5.91 Å². The number of amides is 1. The Morgan fingerprint density at radius 1 is 1.12 bits per heavy atom. The van der Waals surface area contributed by atoms with Crippen molar-refractivity contribution in [3.05, 3.63) is 23.5 Å². The van der Waals surface area contributed by atoms with Crippen LogP contribution in [0.1, 0.15) is 35.3 Å². The molecule has 0 spiro atoms. The van der Waals surface area contributed by atoms with E-state index in [1.54, 1.807) is 0 Å². The first-order valence-corrected chi connectivity index (χ1v) is 7.48. The number of aryl methyl sites for hydroxylation is 1. The van der Waals surface area contributed by atoms with Crippen molar-refractivity contribution in [2.75, 3.05) is 0 Å². The lowest BCUT2D eigenvalue weighted by atomic mass is 9.77. The molecule has 25 heavy (non-hydrogen) atoms. The summed E-state index contributed by atoms with van der Waals surface area (Å²) in [6.07, 6.45) is -10.7. The van der Waals surface area contributed by atoms with Crippen LogP contribution < -0.4 is 5.32 Å². The van der Waals surface area contributed by atoms with Crippen LogP contribution in [0, 0.1) is 18.8 Å². The molecule has 2 atom stereocenters. The lowest BCUT2D eigenvalue weighted by Gasteiger charge is -2.36. The predicted molar refractivity (Wildman–Crippen MR) is 74.8 cm³/mol. The molecule has 1 aliphatic carbocycles. The Bertz CT molecular complexity index is 622. The van der Waals surface area contributed by atoms with Gasteiger partial charge in [-0.15, -0.1) is 0 Å². The maximum absolute atomic E-state index is 12.9. The largest absolute Gasteiger partial charge is 0.505 e. The molecule has 1 aliphatic rings. The van der Waals surface area contributed by atoms with Crippen LogP contribution in [0.15, 0.2) is 12.3 Å². The van der Waals surface area contributed by atoms with Gasteiger partial charge in [-0.25, -0.2) is 4.98 Å². The highest BCUT2D eigenvalue weighted by atomic mass is 19.4. The quantitative estimate of drug-likeness (QED) is 0.780. The van der Waals surface area contributed by atoms with Crippen molar-refractivity contribution >= 4 is 5.91 Å². The molecule has 0 aliphatic heterocycles. The molecule has 2 N–H and O–H groups in total. The van der Waals surface area contributed by atoms with E-state index in [0.717, 1.165) is 0 Å². The molecule has 0 bridgehead atoms. The van der Waals surface area contributed by atoms with E-state index in [1.807, 2.05) is 0 Å². The molecule has 1 amide bonds. The van der Waals surface area contributed by atoms with Gasteiger partial charge in [0.1, 0.15) is 5.75 Å². The molecule has 4 nitrogen and oxygen atoms in total. The maximum atomic E-state index is 12.9. The van der Waals surface area contributed by atoms with E-state index in [0.29, 0.717) is 5.56 Å². The van der Waals surface area contributed by atoms with Gasteiger partial charge in [0.05, 0.1) is 11.8 Å². The van der Waals surface area contributed by atoms with Crippen LogP contribution >= 0.6 is 0 Å². The molecule has 10 heteroatoms. The molecule has 2 unspecified atom stereocenters. The Labute approximate surface area is 139 Å². The van der Waals surface area contributed by atoms with Crippen LogP contribution in [0.25, 0.3) is 0 Å². The lowest BCUT2D eigenvalue weighted by Crippen LogP contribution is -2.47. The third-order valence-electron chi connectivity index (χ3n) is 4.31. The number of pyridine rings is 1. The Morgan fingerprint density at radius 2 is 1.64 bits per heavy atom. The van der Waals surface area contributed by atoms with Crippen molar-refractivity contribution in [1.29, 1.82) is 0 Å². The summed E-state index contributed by atoms with van der Waals surface area (Å²) in [6, 6.07) is 0.0905.